The summed E-state index contributed by atoms with van der Waals surface area (Å²) in [6, 6.07) is 3.73. The number of thioether (sulfide) groups is 1. The summed E-state index contributed by atoms with van der Waals surface area (Å²) in [6.45, 7) is 0.656. The van der Waals surface area contributed by atoms with Gasteiger partial charge in [-0.25, -0.2) is 0 Å². The van der Waals surface area contributed by atoms with Crippen LogP contribution in [0.5, 0.6) is 0 Å². The van der Waals surface area contributed by atoms with Crippen LogP contribution in [0.1, 0.15) is 10.4 Å². The molecular formula is C10H8ClN3O3S. The average Bonchev–Trinajstić information content (AvgIpc) is 2.81. The maximum Gasteiger partial charge on any atom is 0.270 e. The Hall–Kier alpha value is -1.60. The summed E-state index contributed by atoms with van der Waals surface area (Å²) in [7, 11) is 0. The highest BCUT2D eigenvalue weighted by Crippen LogP contribution is 2.22. The van der Waals surface area contributed by atoms with E-state index in [1.165, 1.54) is 23.9 Å². The molecule has 0 bridgehead atoms. The third-order valence-electron chi connectivity index (χ3n) is 2.21. The van der Waals surface area contributed by atoms with Gasteiger partial charge in [-0.05, 0) is 6.07 Å². The lowest BCUT2D eigenvalue weighted by Gasteiger charge is -2.05. The van der Waals surface area contributed by atoms with Crippen LogP contribution in [0.25, 0.3) is 0 Å². The van der Waals surface area contributed by atoms with Gasteiger partial charge in [-0.1, -0.05) is 23.4 Å². The van der Waals surface area contributed by atoms with E-state index in [0.717, 1.165) is 11.8 Å². The van der Waals surface area contributed by atoms with Crippen molar-refractivity contribution in [3.8, 4) is 0 Å². The zero-order valence-corrected chi connectivity index (χ0v) is 10.6. The molecule has 0 saturated heterocycles. The number of amides is 1. The topological polar surface area (TPSA) is 84.6 Å². The Morgan fingerprint density at radius 1 is 1.56 bits per heavy atom. The number of hydrogen-bond acceptors (Lipinski definition) is 5. The van der Waals surface area contributed by atoms with Gasteiger partial charge in [0.05, 0.1) is 22.1 Å². The number of nitrogens with zero attached hydrogens (tertiary/aromatic N) is 2. The monoisotopic (exact) mass is 285 g/mol. The van der Waals surface area contributed by atoms with E-state index in [1.54, 1.807) is 0 Å². The first-order chi connectivity index (χ1) is 8.58. The number of nitro groups is 1. The summed E-state index contributed by atoms with van der Waals surface area (Å²) < 4.78 is 0. The van der Waals surface area contributed by atoms with Crippen molar-refractivity contribution in [3.05, 3.63) is 38.9 Å². The number of nitro benzene ring substituents is 1. The predicted octanol–water partition coefficient (Wildman–Crippen LogP) is 2.08. The number of carbonyl (C=O) groups is 1. The van der Waals surface area contributed by atoms with Crippen molar-refractivity contribution in [3.63, 3.8) is 0 Å². The Balaban J connectivity index is 2.23. The Morgan fingerprint density at radius 2 is 2.33 bits per heavy atom. The molecule has 0 fully saturated rings. The molecular weight excluding hydrogens is 278 g/mol. The first kappa shape index (κ1) is 12.8. The number of amidine groups is 1. The lowest BCUT2D eigenvalue weighted by Crippen LogP contribution is -2.27. The smallest absolute Gasteiger partial charge is 0.270 e. The number of rotatable bonds is 2. The lowest BCUT2D eigenvalue weighted by atomic mass is 10.2. The highest BCUT2D eigenvalue weighted by atomic mass is 35.5. The third kappa shape index (κ3) is 2.80. The first-order valence-electron chi connectivity index (χ1n) is 5.00. The minimum Gasteiger partial charge on any atom is -0.301 e. The van der Waals surface area contributed by atoms with Gasteiger partial charge in [0.2, 0.25) is 0 Å². The standard InChI is InChI=1S/C10H8ClN3O3S/c11-8-2-1-6(14(16)17)5-7(8)9(15)13-10-12-3-4-18-10/h1-2,5H,3-4H2,(H,12,13,15). The van der Waals surface area contributed by atoms with Gasteiger partial charge in [0.15, 0.2) is 5.17 Å². The van der Waals surface area contributed by atoms with Crippen LogP contribution < -0.4 is 5.32 Å². The van der Waals surface area contributed by atoms with Crippen molar-refractivity contribution in [1.82, 2.24) is 5.32 Å². The van der Waals surface area contributed by atoms with Crippen LogP contribution in [0.2, 0.25) is 5.02 Å². The van der Waals surface area contributed by atoms with E-state index in [0.29, 0.717) is 11.7 Å². The molecule has 1 aliphatic heterocycles. The number of nitrogens with one attached hydrogen (secondary N) is 1. The van der Waals surface area contributed by atoms with E-state index in [-0.39, 0.29) is 16.3 Å². The van der Waals surface area contributed by atoms with E-state index in [9.17, 15) is 14.9 Å². The first-order valence-corrected chi connectivity index (χ1v) is 6.37. The molecule has 6 nitrogen and oxygen atoms in total. The maximum absolute atomic E-state index is 11.9. The highest BCUT2D eigenvalue weighted by Gasteiger charge is 2.18. The largest absolute Gasteiger partial charge is 0.301 e. The van der Waals surface area contributed by atoms with Gasteiger partial charge < -0.3 is 5.32 Å². The average molecular weight is 286 g/mol. The van der Waals surface area contributed by atoms with Crippen molar-refractivity contribution in [1.29, 1.82) is 0 Å². The zero-order chi connectivity index (χ0) is 13.1. The van der Waals surface area contributed by atoms with Crippen molar-refractivity contribution in [2.75, 3.05) is 12.3 Å². The van der Waals surface area contributed by atoms with Crippen molar-refractivity contribution >= 4 is 40.1 Å². The zero-order valence-electron chi connectivity index (χ0n) is 9.05. The van der Waals surface area contributed by atoms with E-state index < -0.39 is 10.8 Å². The number of carbonyl (C=O) groups excluding carboxylic acids is 1. The number of halogens is 1. The molecule has 1 amide bonds. The summed E-state index contributed by atoms with van der Waals surface area (Å²) >= 11 is 7.27. The minimum absolute atomic E-state index is 0.0704. The van der Waals surface area contributed by atoms with Gasteiger partial charge in [0.1, 0.15) is 0 Å². The molecule has 0 atom stereocenters. The molecule has 18 heavy (non-hydrogen) atoms. The molecule has 1 aromatic rings. The molecule has 0 saturated carbocycles. The fraction of sp³-hybridized carbons (Fsp3) is 0.200. The van der Waals surface area contributed by atoms with Crippen molar-refractivity contribution < 1.29 is 9.72 Å². The fourth-order valence-corrected chi connectivity index (χ4v) is 2.30. The fourth-order valence-electron chi connectivity index (χ4n) is 1.38. The second-order valence-electron chi connectivity index (χ2n) is 3.41. The summed E-state index contributed by atoms with van der Waals surface area (Å²) in [5.74, 6) is 0.329. The van der Waals surface area contributed by atoms with Crippen LogP contribution in [-0.4, -0.2) is 28.3 Å². The maximum atomic E-state index is 11.9. The number of non-ortho nitro benzene ring substituents is 1. The Kier molecular flexibility index (Phi) is 3.83. The predicted molar refractivity (Wildman–Crippen MR) is 70.3 cm³/mol. The van der Waals surface area contributed by atoms with Crippen LogP contribution in [-0.2, 0) is 0 Å². The van der Waals surface area contributed by atoms with Crippen LogP contribution in [0.4, 0.5) is 5.69 Å². The molecule has 0 aliphatic carbocycles. The molecule has 1 aromatic carbocycles. The van der Waals surface area contributed by atoms with E-state index >= 15 is 0 Å². The molecule has 1 N–H and O–H groups in total. The van der Waals surface area contributed by atoms with Crippen molar-refractivity contribution in [2.45, 2.75) is 0 Å². The van der Waals surface area contributed by atoms with Gasteiger partial charge >= 0.3 is 0 Å². The lowest BCUT2D eigenvalue weighted by molar-refractivity contribution is -0.384. The molecule has 1 heterocycles. The number of aliphatic imine (C=N–C) groups is 1. The van der Waals surface area contributed by atoms with Crippen molar-refractivity contribution in [2.24, 2.45) is 4.99 Å². The SMILES string of the molecule is O=C(NC1=NCCS1)c1cc([N+](=O)[O-])ccc1Cl. The second kappa shape index (κ2) is 5.36. The van der Waals surface area contributed by atoms with E-state index in [1.807, 2.05) is 0 Å². The molecule has 0 radical (unpaired) electrons. The van der Waals surface area contributed by atoms with Gasteiger partial charge in [-0.2, -0.15) is 0 Å². The van der Waals surface area contributed by atoms with Crippen LogP contribution >= 0.6 is 23.4 Å². The number of benzene rings is 1. The molecule has 94 valence electrons. The molecule has 2 rings (SSSR count). The Labute approximate surface area is 112 Å². The van der Waals surface area contributed by atoms with Crippen LogP contribution in [0.15, 0.2) is 23.2 Å². The highest BCUT2D eigenvalue weighted by molar-refractivity contribution is 8.14. The van der Waals surface area contributed by atoms with E-state index in [2.05, 4.69) is 10.3 Å². The minimum atomic E-state index is -0.574. The normalized spacial score (nSPS) is 14.2. The molecule has 0 spiro atoms. The Morgan fingerprint density at radius 3 is 2.94 bits per heavy atom. The summed E-state index contributed by atoms with van der Waals surface area (Å²) in [4.78, 5) is 26.0. The molecule has 0 aromatic heterocycles. The van der Waals surface area contributed by atoms with Gasteiger partial charge in [-0.3, -0.25) is 19.9 Å². The number of hydrogen-bond donors (Lipinski definition) is 1. The van der Waals surface area contributed by atoms with Crippen LogP contribution in [0, 0.1) is 10.1 Å². The molecule has 1 aliphatic rings. The summed E-state index contributed by atoms with van der Waals surface area (Å²) in [5, 5.41) is 13.9. The third-order valence-corrected chi connectivity index (χ3v) is 3.43. The Bertz CT molecular complexity index is 547. The molecule has 8 heteroatoms. The molecule has 0 unspecified atom stereocenters. The quantitative estimate of drug-likeness (QED) is 0.666. The van der Waals surface area contributed by atoms with Gasteiger partial charge in [-0.15, -0.1) is 0 Å². The van der Waals surface area contributed by atoms with Gasteiger partial charge in [0, 0.05) is 17.9 Å². The summed E-state index contributed by atoms with van der Waals surface area (Å²) in [6.07, 6.45) is 0. The second-order valence-corrected chi connectivity index (χ2v) is 4.90. The van der Waals surface area contributed by atoms with Crippen LogP contribution in [0.3, 0.4) is 0 Å². The van der Waals surface area contributed by atoms with Gasteiger partial charge in [0.25, 0.3) is 11.6 Å². The summed E-state index contributed by atoms with van der Waals surface area (Å²) in [5.41, 5.74) is -0.105. The van der Waals surface area contributed by atoms with E-state index in [4.69, 9.17) is 11.6 Å².